The molecular formula is C31H29ClN4O5. The summed E-state index contributed by atoms with van der Waals surface area (Å²) in [5.74, 6) is 0.356. The zero-order chi connectivity index (χ0) is 28.1. The molecule has 41 heavy (non-hydrogen) atoms. The van der Waals surface area contributed by atoms with Crippen LogP contribution in [-0.2, 0) is 23.6 Å². The Morgan fingerprint density at radius 3 is 2.78 bits per heavy atom. The summed E-state index contributed by atoms with van der Waals surface area (Å²) >= 11 is 6.03. The van der Waals surface area contributed by atoms with Gasteiger partial charge in [0.1, 0.15) is 11.5 Å². The van der Waals surface area contributed by atoms with Crippen LogP contribution < -0.4 is 9.47 Å². The number of carboxylic acid groups (broad SMARTS) is 1. The Morgan fingerprint density at radius 2 is 2.07 bits per heavy atom. The smallest absolute Gasteiger partial charge is 0.335 e. The number of hydrogen-bond acceptors (Lipinski definition) is 7. The van der Waals surface area contributed by atoms with E-state index in [1.165, 1.54) is 5.57 Å². The van der Waals surface area contributed by atoms with Gasteiger partial charge in [-0.15, -0.1) is 0 Å². The van der Waals surface area contributed by atoms with Gasteiger partial charge in [-0.1, -0.05) is 29.8 Å². The third kappa shape index (κ3) is 4.84. The van der Waals surface area contributed by atoms with Gasteiger partial charge in [-0.05, 0) is 54.8 Å². The maximum Gasteiger partial charge on any atom is 0.335 e. The average molecular weight is 573 g/mol. The van der Waals surface area contributed by atoms with Crippen LogP contribution in [0.15, 0.2) is 60.8 Å². The first kappa shape index (κ1) is 26.0. The average Bonchev–Trinajstić information content (AvgIpc) is 3.47. The molecule has 3 aliphatic rings. The molecule has 9 nitrogen and oxygen atoms in total. The van der Waals surface area contributed by atoms with Crippen LogP contribution in [0.1, 0.15) is 47.2 Å². The molecule has 5 heterocycles. The third-order valence-corrected chi connectivity index (χ3v) is 8.25. The highest BCUT2D eigenvalue weighted by Gasteiger charge is 2.41. The fourth-order valence-electron chi connectivity index (χ4n) is 5.69. The van der Waals surface area contributed by atoms with Gasteiger partial charge in [0.05, 0.1) is 40.8 Å². The standard InChI is InChI=1S/C31H29ClN4O5/c1-31(27-8-6-21(32)16-33-27)40-26-4-2-3-23(29(26)41-31)19-9-12-35(13-10-19)18-28-34-24-7-5-20(30(37)38)15-25(24)36(28)17-22-11-14-39-22/h2-9,15-16,22H,10-14,17-18H2,1H3,(H,37,38)/t22-,31-/m0/s1. The summed E-state index contributed by atoms with van der Waals surface area (Å²) in [5.41, 5.74) is 4.77. The van der Waals surface area contributed by atoms with Crippen molar-refractivity contribution in [3.8, 4) is 11.5 Å². The number of carboxylic acids is 1. The normalized spacial score (nSPS) is 22.0. The first-order chi connectivity index (χ1) is 19.9. The van der Waals surface area contributed by atoms with Crippen LogP contribution in [0.4, 0.5) is 0 Å². The van der Waals surface area contributed by atoms with Crippen LogP contribution in [0.25, 0.3) is 16.6 Å². The number of aromatic nitrogens is 3. The predicted molar refractivity (Wildman–Crippen MR) is 153 cm³/mol. The largest absolute Gasteiger partial charge is 0.478 e. The summed E-state index contributed by atoms with van der Waals surface area (Å²) in [4.78, 5) is 23.3. The Kier molecular flexibility index (Phi) is 6.45. The molecule has 210 valence electrons. The highest BCUT2D eigenvalue weighted by atomic mass is 35.5. The highest BCUT2D eigenvalue weighted by Crippen LogP contribution is 2.48. The second kappa shape index (κ2) is 10.2. The summed E-state index contributed by atoms with van der Waals surface area (Å²) in [6, 6.07) is 14.7. The number of nitrogens with zero attached hydrogens (tertiary/aromatic N) is 4. The summed E-state index contributed by atoms with van der Waals surface area (Å²) in [6.07, 6.45) is 5.79. The number of para-hydroxylation sites is 1. The minimum Gasteiger partial charge on any atom is -0.478 e. The van der Waals surface area contributed by atoms with Crippen LogP contribution in [0, 0.1) is 0 Å². The zero-order valence-corrected chi connectivity index (χ0v) is 23.3. The molecule has 0 radical (unpaired) electrons. The molecule has 3 aliphatic heterocycles. The number of halogens is 1. The van der Waals surface area contributed by atoms with E-state index in [1.807, 2.05) is 25.1 Å². The highest BCUT2D eigenvalue weighted by molar-refractivity contribution is 6.30. The maximum absolute atomic E-state index is 11.6. The number of aromatic carboxylic acids is 1. The van der Waals surface area contributed by atoms with E-state index in [-0.39, 0.29) is 11.7 Å². The number of benzene rings is 2. The van der Waals surface area contributed by atoms with Crippen LogP contribution in [0.5, 0.6) is 11.5 Å². The molecule has 2 aromatic heterocycles. The fraction of sp³-hybridized carbons (Fsp3) is 0.323. The van der Waals surface area contributed by atoms with E-state index in [2.05, 4.69) is 26.6 Å². The van der Waals surface area contributed by atoms with Gasteiger partial charge in [0, 0.05) is 38.4 Å². The van der Waals surface area contributed by atoms with E-state index >= 15 is 0 Å². The first-order valence-electron chi connectivity index (χ1n) is 13.8. The lowest BCUT2D eigenvalue weighted by atomic mass is 9.98. The van der Waals surface area contributed by atoms with E-state index in [0.717, 1.165) is 60.7 Å². The van der Waals surface area contributed by atoms with Gasteiger partial charge in [-0.2, -0.15) is 0 Å². The monoisotopic (exact) mass is 572 g/mol. The van der Waals surface area contributed by atoms with Crippen molar-refractivity contribution in [2.75, 3.05) is 19.7 Å². The Hall–Kier alpha value is -3.92. The third-order valence-electron chi connectivity index (χ3n) is 8.03. The molecule has 0 saturated carbocycles. The van der Waals surface area contributed by atoms with Crippen LogP contribution in [0.3, 0.4) is 0 Å². The van der Waals surface area contributed by atoms with Gasteiger partial charge in [0.15, 0.2) is 11.5 Å². The predicted octanol–water partition coefficient (Wildman–Crippen LogP) is 5.51. The van der Waals surface area contributed by atoms with Crippen molar-refractivity contribution in [2.45, 2.75) is 44.7 Å². The van der Waals surface area contributed by atoms with Gasteiger partial charge in [-0.3, -0.25) is 9.88 Å². The number of hydrogen-bond donors (Lipinski definition) is 1. The molecule has 0 unspecified atom stereocenters. The van der Waals surface area contributed by atoms with E-state index in [4.69, 9.17) is 30.8 Å². The van der Waals surface area contributed by atoms with E-state index < -0.39 is 11.8 Å². The lowest BCUT2D eigenvalue weighted by molar-refractivity contribution is -0.0718. The fourth-order valence-corrected chi connectivity index (χ4v) is 5.80. The van der Waals surface area contributed by atoms with Crippen molar-refractivity contribution in [2.24, 2.45) is 0 Å². The van der Waals surface area contributed by atoms with E-state index in [9.17, 15) is 9.90 Å². The van der Waals surface area contributed by atoms with Gasteiger partial charge < -0.3 is 23.9 Å². The Labute approximate surface area is 241 Å². The summed E-state index contributed by atoms with van der Waals surface area (Å²) in [6.45, 7) is 5.54. The maximum atomic E-state index is 11.6. The van der Waals surface area contributed by atoms with Crippen molar-refractivity contribution < 1.29 is 24.1 Å². The molecule has 1 fully saturated rings. The first-order valence-corrected chi connectivity index (χ1v) is 14.1. The molecule has 0 spiro atoms. The molecular weight excluding hydrogens is 544 g/mol. The molecule has 0 amide bonds. The summed E-state index contributed by atoms with van der Waals surface area (Å²) in [7, 11) is 0. The lowest BCUT2D eigenvalue weighted by Crippen LogP contribution is -2.33. The SMILES string of the molecule is C[C@]1(c2ccc(Cl)cn2)Oc2cccc(C3=CCN(Cc4nc5ccc(C(=O)O)cc5n4C[C@@H]4CCO4)CC3)c2O1. The topological polar surface area (TPSA) is 98.9 Å². The Bertz CT molecular complexity index is 1680. The van der Waals surface area contributed by atoms with Gasteiger partial charge in [-0.25, -0.2) is 9.78 Å². The molecule has 0 aliphatic carbocycles. The van der Waals surface area contributed by atoms with Gasteiger partial charge >= 0.3 is 5.97 Å². The van der Waals surface area contributed by atoms with E-state index in [0.29, 0.717) is 29.6 Å². The molecule has 10 heteroatoms. The summed E-state index contributed by atoms with van der Waals surface area (Å²) in [5, 5.41) is 10.1. The van der Waals surface area contributed by atoms with Gasteiger partial charge in [0.2, 0.25) is 0 Å². The van der Waals surface area contributed by atoms with Crippen LogP contribution in [0.2, 0.25) is 5.02 Å². The minimum atomic E-state index is -1.03. The van der Waals surface area contributed by atoms with Crippen molar-refractivity contribution in [3.05, 3.63) is 88.5 Å². The zero-order valence-electron chi connectivity index (χ0n) is 22.5. The number of rotatable bonds is 7. The molecule has 4 aromatic rings. The van der Waals surface area contributed by atoms with Crippen molar-refractivity contribution in [1.29, 1.82) is 0 Å². The number of imidazole rings is 1. The summed E-state index contributed by atoms with van der Waals surface area (Å²) < 4.78 is 20.5. The van der Waals surface area contributed by atoms with Crippen molar-refractivity contribution in [1.82, 2.24) is 19.4 Å². The quantitative estimate of drug-likeness (QED) is 0.310. The second-order valence-corrected chi connectivity index (χ2v) is 11.2. The van der Waals surface area contributed by atoms with Crippen molar-refractivity contribution in [3.63, 3.8) is 0 Å². The molecule has 7 rings (SSSR count). The minimum absolute atomic E-state index is 0.128. The molecule has 2 atom stereocenters. The molecule has 1 saturated heterocycles. The molecule has 0 bridgehead atoms. The Morgan fingerprint density at radius 1 is 1.20 bits per heavy atom. The molecule has 1 N–H and O–H groups in total. The van der Waals surface area contributed by atoms with Crippen molar-refractivity contribution >= 4 is 34.2 Å². The number of carbonyl (C=O) groups is 1. The number of ether oxygens (including phenoxy) is 3. The Balaban J connectivity index is 1.11. The number of fused-ring (bicyclic) bond motifs is 2. The number of pyridine rings is 1. The van der Waals surface area contributed by atoms with Gasteiger partial charge in [0.25, 0.3) is 5.79 Å². The molecule has 2 aromatic carbocycles. The van der Waals surface area contributed by atoms with Crippen LogP contribution >= 0.6 is 11.6 Å². The lowest BCUT2D eigenvalue weighted by Gasteiger charge is -2.29. The van der Waals surface area contributed by atoms with Crippen LogP contribution in [-0.4, -0.2) is 56.3 Å². The van der Waals surface area contributed by atoms with E-state index in [1.54, 1.807) is 30.5 Å². The second-order valence-electron chi connectivity index (χ2n) is 10.8.